The molecule has 0 aliphatic carbocycles. The highest BCUT2D eigenvalue weighted by Gasteiger charge is 2.65. The highest BCUT2D eigenvalue weighted by molar-refractivity contribution is 6.91. The Hall–Kier alpha value is -4.77. The first-order valence-electron chi connectivity index (χ1n) is 17.2. The van der Waals surface area contributed by atoms with Crippen LogP contribution >= 0.6 is 0 Å². The second-order valence-corrected chi connectivity index (χ2v) is 18.9. The summed E-state index contributed by atoms with van der Waals surface area (Å²) in [4.78, 5) is 44.5. The molecular formula is C40H43N3O6Si. The summed E-state index contributed by atoms with van der Waals surface area (Å²) in [6.45, 7) is 6.88. The summed E-state index contributed by atoms with van der Waals surface area (Å²) in [6, 6.07) is 30.6. The van der Waals surface area contributed by atoms with Crippen molar-refractivity contribution in [1.29, 1.82) is 0 Å². The van der Waals surface area contributed by atoms with Crippen LogP contribution in [0.3, 0.4) is 0 Å². The lowest BCUT2D eigenvalue weighted by Gasteiger charge is -2.39. The third-order valence-corrected chi connectivity index (χ3v) is 15.6. The molecule has 1 saturated heterocycles. The molecule has 4 aromatic rings. The molecule has 1 fully saturated rings. The molecule has 10 heteroatoms. The Kier molecular flexibility index (Phi) is 8.88. The molecule has 3 heterocycles. The van der Waals surface area contributed by atoms with Crippen molar-refractivity contribution in [3.05, 3.63) is 114 Å². The maximum absolute atomic E-state index is 14.4. The fraction of sp³-hybridized carbons (Fsp3) is 0.325. The number of rotatable bonds is 9. The van der Waals surface area contributed by atoms with Crippen molar-refractivity contribution in [1.82, 2.24) is 4.90 Å². The summed E-state index contributed by atoms with van der Waals surface area (Å²) in [6.07, 6.45) is 0.821. The van der Waals surface area contributed by atoms with Crippen LogP contribution in [0.1, 0.15) is 30.0 Å². The number of para-hydroxylation sites is 1. The van der Waals surface area contributed by atoms with E-state index in [9.17, 15) is 19.5 Å². The molecular weight excluding hydrogens is 647 g/mol. The Morgan fingerprint density at radius 3 is 2.40 bits per heavy atom. The molecule has 2 N–H and O–H groups in total. The number of ether oxygens (including phenoxy) is 2. The van der Waals surface area contributed by atoms with Gasteiger partial charge in [-0.1, -0.05) is 79.8 Å². The first-order chi connectivity index (χ1) is 24.1. The van der Waals surface area contributed by atoms with Gasteiger partial charge in [0.25, 0.3) is 5.91 Å². The van der Waals surface area contributed by atoms with E-state index in [1.165, 1.54) is 0 Å². The number of nitrogens with zero attached hydrogens (tertiary/aromatic N) is 2. The number of carbonyl (C=O) groups is 3. The van der Waals surface area contributed by atoms with Crippen LogP contribution in [0.15, 0.2) is 97.1 Å². The predicted octanol–water partition coefficient (Wildman–Crippen LogP) is 5.49. The second kappa shape index (κ2) is 13.2. The number of aliphatic hydroxyl groups is 1. The van der Waals surface area contributed by atoms with E-state index in [2.05, 4.69) is 43.5 Å². The quantitative estimate of drug-likeness (QED) is 0.178. The fourth-order valence-electron chi connectivity index (χ4n) is 8.66. The van der Waals surface area contributed by atoms with Crippen LogP contribution in [0.4, 0.5) is 17.1 Å². The van der Waals surface area contributed by atoms with Crippen molar-refractivity contribution < 1.29 is 29.0 Å². The van der Waals surface area contributed by atoms with Gasteiger partial charge in [0.15, 0.2) is 5.60 Å². The van der Waals surface area contributed by atoms with Gasteiger partial charge in [0.1, 0.15) is 5.75 Å². The van der Waals surface area contributed by atoms with E-state index in [1.807, 2.05) is 78.9 Å². The van der Waals surface area contributed by atoms with Gasteiger partial charge in [0.05, 0.1) is 40.4 Å². The Bertz CT molecular complexity index is 1920. The average molecular weight is 690 g/mol. The first-order valence-corrected chi connectivity index (χ1v) is 20.2. The highest BCUT2D eigenvalue weighted by Crippen LogP contribution is 2.59. The monoisotopic (exact) mass is 689 g/mol. The van der Waals surface area contributed by atoms with Gasteiger partial charge in [-0.05, 0) is 65.6 Å². The van der Waals surface area contributed by atoms with Crippen molar-refractivity contribution in [2.45, 2.75) is 62.7 Å². The number of carbonyl (C=O) groups excluding carboxylic acids is 3. The summed E-state index contributed by atoms with van der Waals surface area (Å²) in [5.74, 6) is 0.0559. The summed E-state index contributed by atoms with van der Waals surface area (Å²) < 4.78 is 12.5. The molecule has 9 nitrogen and oxygen atoms in total. The average Bonchev–Trinajstić information content (AvgIpc) is 3.59. The smallest absolute Gasteiger partial charge is 0.261 e. The standard InChI is InChI=1S/C40H43N3O6Si/c1-26-38(50(3,4)33-17-15-32(48-2)16-18-33)36(22-37(46)42-23-28-11-9-8-10-27(28)20-31(42)24-44)49-40(26)34-21-30(14-19-35(34)41-39(40)47)43(25-45)29-12-6-5-7-13-29/h5-19,21,25-26,31,36,38,44H,20,22-24H2,1-4H3,(H,41,47)/t26-,31-,36+,38-,40+/m0/s1. The number of nitrogens with one attached hydrogen (secondary N) is 1. The van der Waals surface area contributed by atoms with Gasteiger partial charge in [-0.2, -0.15) is 0 Å². The van der Waals surface area contributed by atoms with Crippen molar-refractivity contribution in [2.75, 3.05) is 23.9 Å². The predicted molar refractivity (Wildman–Crippen MR) is 195 cm³/mol. The van der Waals surface area contributed by atoms with Crippen LogP contribution in [-0.4, -0.2) is 62.2 Å². The minimum Gasteiger partial charge on any atom is -0.497 e. The Labute approximate surface area is 293 Å². The zero-order chi connectivity index (χ0) is 35.2. The van der Waals surface area contributed by atoms with Crippen molar-refractivity contribution >= 4 is 48.5 Å². The summed E-state index contributed by atoms with van der Waals surface area (Å²) in [5.41, 5.74) is 3.28. The van der Waals surface area contributed by atoms with Crippen LogP contribution in [0, 0.1) is 5.92 Å². The molecule has 258 valence electrons. The Morgan fingerprint density at radius 1 is 1.02 bits per heavy atom. The van der Waals surface area contributed by atoms with Crippen LogP contribution in [-0.2, 0) is 37.7 Å². The molecule has 1 spiro atoms. The number of anilines is 3. The maximum Gasteiger partial charge on any atom is 0.261 e. The number of fused-ring (bicyclic) bond motifs is 3. The number of methoxy groups -OCH3 is 1. The summed E-state index contributed by atoms with van der Waals surface area (Å²) >= 11 is 0. The molecule has 0 aromatic heterocycles. The lowest BCUT2D eigenvalue weighted by molar-refractivity contribution is -0.149. The normalized spacial score (nSPS) is 24.0. The van der Waals surface area contributed by atoms with Crippen molar-refractivity contribution in [3.8, 4) is 5.75 Å². The maximum atomic E-state index is 14.4. The van der Waals surface area contributed by atoms with E-state index in [0.717, 1.165) is 28.5 Å². The number of amides is 3. The molecule has 0 unspecified atom stereocenters. The minimum absolute atomic E-state index is 0.0643. The second-order valence-electron chi connectivity index (χ2n) is 14.2. The SMILES string of the molecule is COc1ccc([Si](C)(C)[C@@H]2[C@@H](CC(=O)N3Cc4ccccc4C[C@H]3CO)O[C@]3(C(=O)Nc4ccc(N(C=O)c5ccccc5)cc43)[C@H]2C)cc1. The van der Waals surface area contributed by atoms with Crippen LogP contribution in [0.25, 0.3) is 0 Å². The lowest BCUT2D eigenvalue weighted by Crippen LogP contribution is -2.52. The molecule has 0 radical (unpaired) electrons. The van der Waals surface area contributed by atoms with E-state index in [-0.39, 0.29) is 42.3 Å². The third-order valence-electron chi connectivity index (χ3n) is 11.3. The number of hydrogen-bond donors (Lipinski definition) is 2. The number of aliphatic hydroxyl groups excluding tert-OH is 1. The molecule has 3 amide bonds. The molecule has 0 bridgehead atoms. The molecule has 4 aromatic carbocycles. The number of hydrogen-bond acceptors (Lipinski definition) is 6. The van der Waals surface area contributed by atoms with Gasteiger partial charge in [-0.25, -0.2) is 0 Å². The van der Waals surface area contributed by atoms with Gasteiger partial charge in [0, 0.05) is 35.1 Å². The van der Waals surface area contributed by atoms with Crippen LogP contribution in [0.2, 0.25) is 18.6 Å². The van der Waals surface area contributed by atoms with Gasteiger partial charge >= 0.3 is 0 Å². The van der Waals surface area contributed by atoms with Crippen molar-refractivity contribution in [3.63, 3.8) is 0 Å². The van der Waals surface area contributed by atoms with E-state index >= 15 is 0 Å². The fourth-order valence-corrected chi connectivity index (χ4v) is 12.7. The summed E-state index contributed by atoms with van der Waals surface area (Å²) in [5, 5.41) is 14.6. The molecule has 7 rings (SSSR count). The van der Waals surface area contributed by atoms with Gasteiger partial charge < -0.3 is 24.8 Å². The lowest BCUT2D eigenvalue weighted by atomic mass is 9.82. The van der Waals surface area contributed by atoms with E-state index in [1.54, 1.807) is 16.9 Å². The molecule has 5 atom stereocenters. The molecule has 3 aliphatic rings. The zero-order valence-corrected chi connectivity index (χ0v) is 29.8. The highest BCUT2D eigenvalue weighted by atomic mass is 28.3. The largest absolute Gasteiger partial charge is 0.497 e. The van der Waals surface area contributed by atoms with Crippen LogP contribution < -0.4 is 20.1 Å². The Morgan fingerprint density at radius 2 is 1.72 bits per heavy atom. The third kappa shape index (κ3) is 5.51. The number of benzene rings is 4. The van der Waals surface area contributed by atoms with Crippen LogP contribution in [0.5, 0.6) is 5.75 Å². The molecule has 50 heavy (non-hydrogen) atoms. The first kappa shape index (κ1) is 33.7. The van der Waals surface area contributed by atoms with Crippen molar-refractivity contribution in [2.24, 2.45) is 5.92 Å². The minimum atomic E-state index is -2.49. The van der Waals surface area contributed by atoms with Gasteiger partial charge in [-0.3, -0.25) is 19.3 Å². The van der Waals surface area contributed by atoms with E-state index < -0.39 is 19.8 Å². The van der Waals surface area contributed by atoms with Gasteiger partial charge in [0.2, 0.25) is 12.3 Å². The van der Waals surface area contributed by atoms with Gasteiger partial charge in [-0.15, -0.1) is 0 Å². The van der Waals surface area contributed by atoms with E-state index in [0.29, 0.717) is 35.6 Å². The van der Waals surface area contributed by atoms with E-state index in [4.69, 9.17) is 9.47 Å². The molecule has 3 aliphatic heterocycles. The summed E-state index contributed by atoms with van der Waals surface area (Å²) in [7, 11) is -0.853. The Balaban J connectivity index is 1.30. The zero-order valence-electron chi connectivity index (χ0n) is 28.8. The molecule has 0 saturated carbocycles. The topological polar surface area (TPSA) is 108 Å².